The maximum atomic E-state index is 4.08. The van der Waals surface area contributed by atoms with E-state index in [1.54, 1.807) is 0 Å². The van der Waals surface area contributed by atoms with Crippen molar-refractivity contribution >= 4 is 6.21 Å². The summed E-state index contributed by atoms with van der Waals surface area (Å²) in [5.74, 6) is 0. The van der Waals surface area contributed by atoms with E-state index < -0.39 is 0 Å². The molecule has 74 valence electrons. The largest absolute Gasteiger partial charge is 0.297 e. The first kappa shape index (κ1) is 10.5. The molecule has 1 rings (SSSR count). The molecule has 1 aliphatic rings. The molecule has 0 aromatic heterocycles. The molecule has 13 heavy (non-hydrogen) atoms. The van der Waals surface area contributed by atoms with Crippen LogP contribution >= 0.6 is 0 Å². The molecule has 0 saturated heterocycles. The fourth-order valence-corrected chi connectivity index (χ4v) is 1.73. The lowest BCUT2D eigenvalue weighted by molar-refractivity contribution is 0.234. The van der Waals surface area contributed by atoms with E-state index in [4.69, 9.17) is 0 Å². The molecule has 1 aliphatic heterocycles. The quantitative estimate of drug-likeness (QED) is 0.594. The fourth-order valence-electron chi connectivity index (χ4n) is 1.73. The average Bonchev–Trinajstić information content (AvgIpc) is 2.08. The van der Waals surface area contributed by atoms with Crippen molar-refractivity contribution in [1.82, 2.24) is 4.90 Å². The van der Waals surface area contributed by atoms with Crippen molar-refractivity contribution in [3.8, 4) is 0 Å². The molecule has 0 bridgehead atoms. The van der Waals surface area contributed by atoms with Gasteiger partial charge in [0.1, 0.15) is 0 Å². The lowest BCUT2D eigenvalue weighted by Crippen LogP contribution is -2.36. The van der Waals surface area contributed by atoms with Crippen LogP contribution in [0.5, 0.6) is 0 Å². The summed E-state index contributed by atoms with van der Waals surface area (Å²) in [4.78, 5) is 6.58. The van der Waals surface area contributed by atoms with Gasteiger partial charge in [0.15, 0.2) is 0 Å². The summed E-state index contributed by atoms with van der Waals surface area (Å²) >= 11 is 0. The van der Waals surface area contributed by atoms with Crippen LogP contribution in [0.15, 0.2) is 16.1 Å². The summed E-state index contributed by atoms with van der Waals surface area (Å²) in [7, 11) is 1.84. The standard InChI is InChI=1S/C11H20N2/c1-9(2)13-6-5-11(7-12-4)10(3)8-13/h7,9H,5-6,8H2,1-4H3. The maximum absolute atomic E-state index is 4.08. The number of hydrogen-bond acceptors (Lipinski definition) is 2. The van der Waals surface area contributed by atoms with Crippen LogP contribution in [0, 0.1) is 0 Å². The summed E-state index contributed by atoms with van der Waals surface area (Å²) in [6.45, 7) is 9.01. The third kappa shape index (κ3) is 2.66. The second kappa shape index (κ2) is 4.56. The van der Waals surface area contributed by atoms with Gasteiger partial charge in [0, 0.05) is 32.4 Å². The van der Waals surface area contributed by atoms with Crippen LogP contribution in [0.3, 0.4) is 0 Å². The Morgan fingerprint density at radius 2 is 2.15 bits per heavy atom. The fraction of sp³-hybridized carbons (Fsp3) is 0.727. The predicted molar refractivity (Wildman–Crippen MR) is 58.4 cm³/mol. The highest BCUT2D eigenvalue weighted by Gasteiger charge is 2.16. The van der Waals surface area contributed by atoms with E-state index >= 15 is 0 Å². The van der Waals surface area contributed by atoms with Gasteiger partial charge in [-0.1, -0.05) is 5.57 Å². The van der Waals surface area contributed by atoms with Gasteiger partial charge >= 0.3 is 0 Å². The molecular weight excluding hydrogens is 160 g/mol. The van der Waals surface area contributed by atoms with E-state index in [1.807, 2.05) is 13.3 Å². The molecule has 0 radical (unpaired) electrons. The number of hydrogen-bond donors (Lipinski definition) is 0. The van der Waals surface area contributed by atoms with Crippen LogP contribution in [-0.4, -0.2) is 37.3 Å². The lowest BCUT2D eigenvalue weighted by Gasteiger charge is -2.31. The normalized spacial score (nSPS) is 20.7. The Kier molecular flexibility index (Phi) is 3.67. The first-order chi connectivity index (χ1) is 6.15. The highest BCUT2D eigenvalue weighted by atomic mass is 15.1. The molecule has 0 atom stereocenters. The summed E-state index contributed by atoms with van der Waals surface area (Å²) in [6, 6.07) is 0.662. The minimum Gasteiger partial charge on any atom is -0.297 e. The minimum atomic E-state index is 0.662. The molecule has 0 spiro atoms. The van der Waals surface area contributed by atoms with Crippen molar-refractivity contribution in [1.29, 1.82) is 0 Å². The molecule has 0 aliphatic carbocycles. The van der Waals surface area contributed by atoms with Crippen LogP contribution < -0.4 is 0 Å². The van der Waals surface area contributed by atoms with Gasteiger partial charge < -0.3 is 0 Å². The zero-order valence-corrected chi connectivity index (χ0v) is 9.17. The van der Waals surface area contributed by atoms with Gasteiger partial charge in [0.05, 0.1) is 0 Å². The van der Waals surface area contributed by atoms with Gasteiger partial charge in [-0.2, -0.15) is 0 Å². The number of aliphatic imine (C=N–C) groups is 1. The molecule has 0 aromatic carbocycles. The van der Waals surface area contributed by atoms with Crippen molar-refractivity contribution in [2.24, 2.45) is 4.99 Å². The van der Waals surface area contributed by atoms with E-state index in [9.17, 15) is 0 Å². The monoisotopic (exact) mass is 180 g/mol. The van der Waals surface area contributed by atoms with Gasteiger partial charge in [-0.15, -0.1) is 0 Å². The molecule has 2 nitrogen and oxygen atoms in total. The Balaban J connectivity index is 2.66. The second-order valence-electron chi connectivity index (χ2n) is 4.01. The minimum absolute atomic E-state index is 0.662. The van der Waals surface area contributed by atoms with E-state index in [1.165, 1.54) is 17.7 Å². The summed E-state index contributed by atoms with van der Waals surface area (Å²) in [5, 5.41) is 0. The van der Waals surface area contributed by atoms with Gasteiger partial charge in [-0.05, 0) is 32.8 Å². The predicted octanol–water partition coefficient (Wildman–Crippen LogP) is 2.12. The van der Waals surface area contributed by atoms with Crippen molar-refractivity contribution < 1.29 is 0 Å². The van der Waals surface area contributed by atoms with Gasteiger partial charge in [-0.3, -0.25) is 9.89 Å². The zero-order chi connectivity index (χ0) is 9.84. The summed E-state index contributed by atoms with van der Waals surface area (Å²) < 4.78 is 0. The van der Waals surface area contributed by atoms with E-state index in [-0.39, 0.29) is 0 Å². The highest BCUT2D eigenvalue weighted by Crippen LogP contribution is 2.17. The van der Waals surface area contributed by atoms with Crippen molar-refractivity contribution in [3.05, 3.63) is 11.1 Å². The van der Waals surface area contributed by atoms with Gasteiger partial charge in [0.25, 0.3) is 0 Å². The highest BCUT2D eigenvalue weighted by molar-refractivity contribution is 5.79. The second-order valence-corrected chi connectivity index (χ2v) is 4.01. The number of rotatable bonds is 2. The van der Waals surface area contributed by atoms with Crippen LogP contribution in [-0.2, 0) is 0 Å². The molecule has 0 N–H and O–H groups in total. The Labute approximate surface area is 81.3 Å². The van der Waals surface area contributed by atoms with Crippen LogP contribution in [0.2, 0.25) is 0 Å². The Morgan fingerprint density at radius 1 is 1.46 bits per heavy atom. The molecule has 0 amide bonds. The summed E-state index contributed by atoms with van der Waals surface area (Å²) in [6.07, 6.45) is 3.16. The molecule has 1 heterocycles. The first-order valence-corrected chi connectivity index (χ1v) is 5.00. The molecule has 0 unspecified atom stereocenters. The molecule has 2 heteroatoms. The van der Waals surface area contributed by atoms with Gasteiger partial charge in [0.2, 0.25) is 0 Å². The van der Waals surface area contributed by atoms with Crippen LogP contribution in [0.1, 0.15) is 27.2 Å². The van der Waals surface area contributed by atoms with Crippen molar-refractivity contribution in [3.63, 3.8) is 0 Å². The third-order valence-corrected chi connectivity index (χ3v) is 2.67. The molecular formula is C11H20N2. The molecule has 0 aromatic rings. The van der Waals surface area contributed by atoms with Crippen molar-refractivity contribution in [2.75, 3.05) is 20.1 Å². The zero-order valence-electron chi connectivity index (χ0n) is 9.17. The van der Waals surface area contributed by atoms with Gasteiger partial charge in [-0.25, -0.2) is 0 Å². The molecule has 0 fully saturated rings. The van der Waals surface area contributed by atoms with Crippen molar-refractivity contribution in [2.45, 2.75) is 33.2 Å². The molecule has 0 saturated carbocycles. The van der Waals surface area contributed by atoms with Crippen LogP contribution in [0.4, 0.5) is 0 Å². The Bertz CT molecular complexity index is 226. The first-order valence-electron chi connectivity index (χ1n) is 5.00. The maximum Gasteiger partial charge on any atom is 0.0277 e. The lowest BCUT2D eigenvalue weighted by atomic mass is 10.0. The van der Waals surface area contributed by atoms with Crippen LogP contribution in [0.25, 0.3) is 0 Å². The number of nitrogens with zero attached hydrogens (tertiary/aromatic N) is 2. The summed E-state index contributed by atoms with van der Waals surface area (Å²) in [5.41, 5.74) is 2.91. The SMILES string of the molecule is CN=CC1=C(C)CN(C(C)C)CC1. The van der Waals surface area contributed by atoms with E-state index in [2.05, 4.69) is 30.7 Å². The topological polar surface area (TPSA) is 15.6 Å². The Hall–Kier alpha value is -0.630. The Morgan fingerprint density at radius 3 is 2.62 bits per heavy atom. The smallest absolute Gasteiger partial charge is 0.0277 e. The van der Waals surface area contributed by atoms with E-state index in [0.29, 0.717) is 6.04 Å². The van der Waals surface area contributed by atoms with E-state index in [0.717, 1.165) is 13.0 Å². The average molecular weight is 180 g/mol. The third-order valence-electron chi connectivity index (χ3n) is 2.67.